The maximum Gasteiger partial charge on any atom is 0.353 e. The predicted molar refractivity (Wildman–Crippen MR) is 134 cm³/mol. The van der Waals surface area contributed by atoms with Crippen molar-refractivity contribution in [2.75, 3.05) is 12.9 Å². The molecular formula is C28H24O6S. The minimum Gasteiger partial charge on any atom is -0.506 e. The third kappa shape index (κ3) is 5.94. The lowest BCUT2D eigenvalue weighted by Gasteiger charge is -2.21. The van der Waals surface area contributed by atoms with E-state index in [0.29, 0.717) is 17.1 Å². The van der Waals surface area contributed by atoms with Gasteiger partial charge in [-0.1, -0.05) is 66.7 Å². The van der Waals surface area contributed by atoms with Gasteiger partial charge in [-0.2, -0.15) is 0 Å². The van der Waals surface area contributed by atoms with E-state index >= 15 is 0 Å². The molecule has 0 spiro atoms. The van der Waals surface area contributed by atoms with Crippen LogP contribution in [0.1, 0.15) is 33.3 Å². The highest BCUT2D eigenvalue weighted by molar-refractivity contribution is 7.99. The van der Waals surface area contributed by atoms with Crippen LogP contribution in [0.15, 0.2) is 105 Å². The molecule has 0 fully saturated rings. The second kappa shape index (κ2) is 11.4. The molecule has 0 saturated carbocycles. The molecule has 1 heterocycles. The van der Waals surface area contributed by atoms with E-state index in [0.717, 1.165) is 12.0 Å². The molecule has 1 aromatic heterocycles. The Morgan fingerprint density at radius 3 is 2.31 bits per heavy atom. The van der Waals surface area contributed by atoms with Gasteiger partial charge in [-0.25, -0.2) is 9.59 Å². The summed E-state index contributed by atoms with van der Waals surface area (Å²) in [6.45, 7) is 0. The van der Waals surface area contributed by atoms with Crippen molar-refractivity contribution in [2.45, 2.75) is 17.4 Å². The lowest BCUT2D eigenvalue weighted by atomic mass is 10.00. The number of methoxy groups -OCH3 is 1. The zero-order valence-corrected chi connectivity index (χ0v) is 19.9. The number of carbonyl (C=O) groups is 1. The van der Waals surface area contributed by atoms with Gasteiger partial charge in [-0.15, -0.1) is 11.8 Å². The molecule has 4 rings (SSSR count). The number of thioether (sulfide) groups is 1. The molecule has 0 bridgehead atoms. The predicted octanol–water partition coefficient (Wildman–Crippen LogP) is 5.64. The second-order valence-corrected chi connectivity index (χ2v) is 8.73. The van der Waals surface area contributed by atoms with Crippen molar-refractivity contribution >= 4 is 17.7 Å². The standard InChI is InChI=1S/C28H24O6S/c1-32-27(30)22-15-9-8-14-21(22)25(33-20-12-6-3-7-13-20)24-18-23(29)26(28(31)34-24)35-17-16-19-10-4-2-5-11-19/h2-15,18,25,29H,16-17H2,1H3. The van der Waals surface area contributed by atoms with Crippen LogP contribution in [-0.4, -0.2) is 23.9 Å². The van der Waals surface area contributed by atoms with Crippen LogP contribution in [-0.2, 0) is 11.2 Å². The van der Waals surface area contributed by atoms with Gasteiger partial charge in [0, 0.05) is 17.4 Å². The molecule has 7 heteroatoms. The Balaban J connectivity index is 1.67. The summed E-state index contributed by atoms with van der Waals surface area (Å²) in [5.41, 5.74) is 1.17. The first kappa shape index (κ1) is 24.2. The van der Waals surface area contributed by atoms with Gasteiger partial charge < -0.3 is 19.0 Å². The molecule has 178 valence electrons. The number of para-hydroxylation sites is 1. The van der Waals surface area contributed by atoms with E-state index in [1.807, 2.05) is 36.4 Å². The topological polar surface area (TPSA) is 86.0 Å². The number of hydrogen-bond donors (Lipinski definition) is 1. The molecule has 0 radical (unpaired) electrons. The van der Waals surface area contributed by atoms with E-state index in [1.54, 1.807) is 48.5 Å². The maximum absolute atomic E-state index is 12.9. The van der Waals surface area contributed by atoms with Crippen LogP contribution in [0.3, 0.4) is 0 Å². The molecule has 1 atom stereocenters. The van der Waals surface area contributed by atoms with E-state index in [-0.39, 0.29) is 22.0 Å². The van der Waals surface area contributed by atoms with Crippen LogP contribution in [0.5, 0.6) is 11.5 Å². The smallest absolute Gasteiger partial charge is 0.353 e. The molecule has 0 aliphatic carbocycles. The van der Waals surface area contributed by atoms with Gasteiger partial charge in [0.25, 0.3) is 0 Å². The third-order valence-corrected chi connectivity index (χ3v) is 6.36. The van der Waals surface area contributed by atoms with Gasteiger partial charge in [0.05, 0.1) is 12.7 Å². The molecule has 3 aromatic carbocycles. The fraction of sp³-hybridized carbons (Fsp3) is 0.143. The average molecular weight is 489 g/mol. The average Bonchev–Trinajstić information content (AvgIpc) is 2.89. The molecule has 0 aliphatic rings. The Morgan fingerprint density at radius 1 is 0.971 bits per heavy atom. The Labute approximate surface area is 207 Å². The number of hydrogen-bond acceptors (Lipinski definition) is 7. The number of ether oxygens (including phenoxy) is 2. The molecule has 35 heavy (non-hydrogen) atoms. The Morgan fingerprint density at radius 2 is 1.63 bits per heavy atom. The van der Waals surface area contributed by atoms with Crippen LogP contribution in [0.4, 0.5) is 0 Å². The molecule has 6 nitrogen and oxygen atoms in total. The highest BCUT2D eigenvalue weighted by atomic mass is 32.2. The number of rotatable bonds is 9. The van der Waals surface area contributed by atoms with Crippen molar-refractivity contribution in [3.63, 3.8) is 0 Å². The Kier molecular flexibility index (Phi) is 7.90. The fourth-order valence-corrected chi connectivity index (χ4v) is 4.51. The van der Waals surface area contributed by atoms with Crippen LogP contribution in [0, 0.1) is 0 Å². The summed E-state index contributed by atoms with van der Waals surface area (Å²) in [6.07, 6.45) is -0.243. The summed E-state index contributed by atoms with van der Waals surface area (Å²) < 4.78 is 16.7. The minimum atomic E-state index is -0.977. The zero-order chi connectivity index (χ0) is 24.6. The largest absolute Gasteiger partial charge is 0.506 e. The summed E-state index contributed by atoms with van der Waals surface area (Å²) in [5, 5.41) is 10.7. The van der Waals surface area contributed by atoms with Crippen molar-refractivity contribution in [2.24, 2.45) is 0 Å². The number of carbonyl (C=O) groups excluding carboxylic acids is 1. The highest BCUT2D eigenvalue weighted by Gasteiger charge is 2.27. The van der Waals surface area contributed by atoms with Gasteiger partial charge in [0.1, 0.15) is 16.4 Å². The number of benzene rings is 3. The van der Waals surface area contributed by atoms with Crippen LogP contribution < -0.4 is 10.4 Å². The fourth-order valence-electron chi connectivity index (χ4n) is 3.60. The number of aromatic hydroxyl groups is 1. The van der Waals surface area contributed by atoms with Crippen LogP contribution >= 0.6 is 11.8 Å². The van der Waals surface area contributed by atoms with E-state index in [4.69, 9.17) is 13.9 Å². The monoisotopic (exact) mass is 488 g/mol. The molecule has 4 aromatic rings. The summed E-state index contributed by atoms with van der Waals surface area (Å²) in [6, 6.07) is 27.0. The van der Waals surface area contributed by atoms with Crippen molar-refractivity contribution in [1.29, 1.82) is 0 Å². The minimum absolute atomic E-state index is 0.0696. The summed E-state index contributed by atoms with van der Waals surface area (Å²) >= 11 is 1.23. The normalized spacial score (nSPS) is 11.6. The zero-order valence-electron chi connectivity index (χ0n) is 19.0. The summed E-state index contributed by atoms with van der Waals surface area (Å²) in [5.74, 6) is 0.408. The van der Waals surface area contributed by atoms with Gasteiger partial charge in [0.2, 0.25) is 0 Å². The molecule has 1 N–H and O–H groups in total. The molecule has 0 aliphatic heterocycles. The Bertz CT molecular complexity index is 1330. The lowest BCUT2D eigenvalue weighted by Crippen LogP contribution is -2.17. The third-order valence-electron chi connectivity index (χ3n) is 5.29. The van der Waals surface area contributed by atoms with E-state index in [9.17, 15) is 14.7 Å². The summed E-state index contributed by atoms with van der Waals surface area (Å²) in [7, 11) is 1.29. The SMILES string of the molecule is COC(=O)c1ccccc1C(Oc1ccccc1)c1cc(O)c(SCCc2ccccc2)c(=O)o1. The lowest BCUT2D eigenvalue weighted by molar-refractivity contribution is 0.0595. The second-order valence-electron chi connectivity index (χ2n) is 7.62. The van der Waals surface area contributed by atoms with Crippen molar-refractivity contribution < 1.29 is 23.8 Å². The van der Waals surface area contributed by atoms with E-state index < -0.39 is 17.7 Å². The van der Waals surface area contributed by atoms with Crippen LogP contribution in [0.2, 0.25) is 0 Å². The van der Waals surface area contributed by atoms with E-state index in [1.165, 1.54) is 24.9 Å². The van der Waals surface area contributed by atoms with Crippen molar-refractivity contribution in [1.82, 2.24) is 0 Å². The van der Waals surface area contributed by atoms with Crippen LogP contribution in [0.25, 0.3) is 0 Å². The number of esters is 1. The molecule has 0 amide bonds. The van der Waals surface area contributed by atoms with Gasteiger partial charge in [-0.05, 0) is 30.2 Å². The first-order chi connectivity index (χ1) is 17.1. The first-order valence-corrected chi connectivity index (χ1v) is 12.0. The summed E-state index contributed by atoms with van der Waals surface area (Å²) in [4.78, 5) is 25.4. The van der Waals surface area contributed by atoms with E-state index in [2.05, 4.69) is 0 Å². The van der Waals surface area contributed by atoms with Gasteiger partial charge in [0.15, 0.2) is 11.9 Å². The maximum atomic E-state index is 12.9. The van der Waals surface area contributed by atoms with Gasteiger partial charge in [-0.3, -0.25) is 0 Å². The van der Waals surface area contributed by atoms with Crippen molar-refractivity contribution in [3.05, 3.63) is 124 Å². The Hall–Kier alpha value is -3.97. The van der Waals surface area contributed by atoms with Crippen molar-refractivity contribution in [3.8, 4) is 11.5 Å². The quantitative estimate of drug-likeness (QED) is 0.241. The molecule has 0 saturated heterocycles. The number of aryl methyl sites for hydroxylation is 1. The first-order valence-electron chi connectivity index (χ1n) is 11.0. The molecular weight excluding hydrogens is 464 g/mol. The van der Waals surface area contributed by atoms with Gasteiger partial charge >= 0.3 is 11.6 Å². The molecule has 1 unspecified atom stereocenters. The highest BCUT2D eigenvalue weighted by Crippen LogP contribution is 2.34.